The van der Waals surface area contributed by atoms with Gasteiger partial charge in [-0.1, -0.05) is 6.92 Å². The molecule has 1 N–H and O–H groups in total. The van der Waals surface area contributed by atoms with Gasteiger partial charge in [-0.2, -0.15) is 13.2 Å². The number of nitrogens with one attached hydrogen (secondary N) is 1. The van der Waals surface area contributed by atoms with Gasteiger partial charge in [0.05, 0.1) is 5.39 Å². The largest absolute Gasteiger partial charge is 0.405 e. The minimum Gasteiger partial charge on any atom is -0.361 e. The highest BCUT2D eigenvalue weighted by Crippen LogP contribution is 2.29. The van der Waals surface area contributed by atoms with Crippen molar-refractivity contribution < 1.29 is 13.2 Å². The van der Waals surface area contributed by atoms with Crippen LogP contribution in [0.1, 0.15) is 17.6 Å². The Morgan fingerprint density at radius 3 is 2.67 bits per heavy atom. The van der Waals surface area contributed by atoms with Crippen LogP contribution < -0.4 is 5.32 Å². The highest BCUT2D eigenvalue weighted by Gasteiger charge is 2.27. The van der Waals surface area contributed by atoms with Gasteiger partial charge in [-0.25, -0.2) is 9.97 Å². The number of aryl methyl sites for hydroxylation is 2. The first-order valence-corrected chi connectivity index (χ1v) is 6.28. The van der Waals surface area contributed by atoms with Crippen molar-refractivity contribution in [2.75, 3.05) is 11.9 Å². The maximum Gasteiger partial charge on any atom is 0.405 e. The number of hydrogen-bond acceptors (Lipinski definition) is 4. The van der Waals surface area contributed by atoms with Crippen LogP contribution in [0.4, 0.5) is 19.0 Å². The summed E-state index contributed by atoms with van der Waals surface area (Å²) in [6.45, 7) is 2.68. The van der Waals surface area contributed by atoms with Crippen molar-refractivity contribution in [2.45, 2.75) is 26.4 Å². The lowest BCUT2D eigenvalue weighted by Crippen LogP contribution is -2.22. The first kappa shape index (κ1) is 13.1. The molecule has 0 aromatic carbocycles. The lowest BCUT2D eigenvalue weighted by molar-refractivity contribution is -0.115. The maximum atomic E-state index is 12.2. The van der Waals surface area contributed by atoms with Crippen LogP contribution in [0.25, 0.3) is 10.2 Å². The molecule has 2 aromatic rings. The Labute approximate surface area is 106 Å². The summed E-state index contributed by atoms with van der Waals surface area (Å²) in [5.74, 6) is 0.813. The van der Waals surface area contributed by atoms with E-state index in [1.807, 2.05) is 13.8 Å². The third-order valence-corrected chi connectivity index (χ3v) is 3.28. The van der Waals surface area contributed by atoms with Crippen molar-refractivity contribution in [3.05, 3.63) is 16.8 Å². The first-order chi connectivity index (χ1) is 8.39. The molecule has 2 rings (SSSR count). The molecule has 0 saturated heterocycles. The quantitative estimate of drug-likeness (QED) is 0.931. The third kappa shape index (κ3) is 2.90. The molecule has 18 heavy (non-hydrogen) atoms. The van der Waals surface area contributed by atoms with E-state index in [0.717, 1.165) is 9.71 Å². The lowest BCUT2D eigenvalue weighted by Gasteiger charge is -2.10. The van der Waals surface area contributed by atoms with Gasteiger partial charge in [0.25, 0.3) is 0 Å². The van der Waals surface area contributed by atoms with Crippen molar-refractivity contribution in [3.63, 3.8) is 0 Å². The van der Waals surface area contributed by atoms with Gasteiger partial charge >= 0.3 is 6.18 Å². The minimum absolute atomic E-state index is 0.263. The molecule has 0 bridgehead atoms. The molecule has 0 aliphatic carbocycles. The predicted octanol–water partition coefficient (Wildman–Crippen LogP) is 3.54. The smallest absolute Gasteiger partial charge is 0.361 e. The molecule has 0 spiro atoms. The Morgan fingerprint density at radius 2 is 2.06 bits per heavy atom. The van der Waals surface area contributed by atoms with E-state index in [2.05, 4.69) is 15.3 Å². The molecule has 0 atom stereocenters. The number of alkyl halides is 3. The van der Waals surface area contributed by atoms with Crippen LogP contribution in [0.5, 0.6) is 0 Å². The van der Waals surface area contributed by atoms with Crippen LogP contribution in [0.3, 0.4) is 0 Å². The van der Waals surface area contributed by atoms with Gasteiger partial charge in [0.15, 0.2) is 0 Å². The average molecular weight is 275 g/mol. The van der Waals surface area contributed by atoms with E-state index < -0.39 is 12.7 Å². The van der Waals surface area contributed by atoms with E-state index in [-0.39, 0.29) is 5.82 Å². The van der Waals surface area contributed by atoms with E-state index in [0.29, 0.717) is 17.6 Å². The van der Waals surface area contributed by atoms with Gasteiger partial charge in [0, 0.05) is 11.3 Å². The zero-order valence-corrected chi connectivity index (χ0v) is 10.7. The van der Waals surface area contributed by atoms with Gasteiger partial charge in [-0.3, -0.25) is 0 Å². The van der Waals surface area contributed by atoms with E-state index in [1.165, 1.54) is 11.3 Å². The molecule has 0 unspecified atom stereocenters. The number of anilines is 1. The fourth-order valence-corrected chi connectivity index (χ4v) is 2.46. The van der Waals surface area contributed by atoms with Crippen molar-refractivity contribution in [1.29, 1.82) is 0 Å². The molecule has 98 valence electrons. The minimum atomic E-state index is -4.26. The lowest BCUT2D eigenvalue weighted by atomic mass is 10.3. The molecule has 0 radical (unpaired) electrons. The van der Waals surface area contributed by atoms with Crippen molar-refractivity contribution >= 4 is 27.4 Å². The van der Waals surface area contributed by atoms with Crippen LogP contribution in [0.15, 0.2) is 6.07 Å². The second kappa shape index (κ2) is 4.72. The number of aromatic nitrogens is 2. The topological polar surface area (TPSA) is 37.8 Å². The summed E-state index contributed by atoms with van der Waals surface area (Å²) >= 11 is 1.46. The number of thiophene rings is 1. The molecule has 3 nitrogen and oxygen atoms in total. The predicted molar refractivity (Wildman–Crippen MR) is 66.1 cm³/mol. The van der Waals surface area contributed by atoms with E-state index in [9.17, 15) is 13.2 Å². The number of halogens is 3. The van der Waals surface area contributed by atoms with Crippen LogP contribution in [0, 0.1) is 6.92 Å². The zero-order valence-electron chi connectivity index (χ0n) is 9.93. The molecule has 2 heterocycles. The fourth-order valence-electron chi connectivity index (χ4n) is 1.56. The standard InChI is InChI=1S/C11H12F3N3S/c1-3-8-16-9(15-5-11(12,13)14)7-4-6(2)18-10(7)17-8/h4H,3,5H2,1-2H3,(H,15,16,17). The normalized spacial score (nSPS) is 12.1. The molecule has 0 aliphatic heterocycles. The summed E-state index contributed by atoms with van der Waals surface area (Å²) < 4.78 is 36.7. The third-order valence-electron chi connectivity index (χ3n) is 2.33. The number of hydrogen-bond donors (Lipinski definition) is 1. The number of fused-ring (bicyclic) bond motifs is 1. The fraction of sp³-hybridized carbons (Fsp3) is 0.455. The Bertz CT molecular complexity index is 562. The van der Waals surface area contributed by atoms with Crippen LogP contribution in [-0.2, 0) is 6.42 Å². The zero-order chi connectivity index (χ0) is 13.3. The van der Waals surface area contributed by atoms with Gasteiger partial charge in [0.1, 0.15) is 23.0 Å². The van der Waals surface area contributed by atoms with Gasteiger partial charge < -0.3 is 5.32 Å². The summed E-state index contributed by atoms with van der Waals surface area (Å²) in [7, 11) is 0. The molecule has 0 fully saturated rings. The van der Waals surface area contributed by atoms with Crippen LogP contribution >= 0.6 is 11.3 Å². The Hall–Kier alpha value is -1.37. The molecule has 7 heteroatoms. The Morgan fingerprint density at radius 1 is 1.33 bits per heavy atom. The average Bonchev–Trinajstić information content (AvgIpc) is 2.64. The molecule has 0 aliphatic rings. The van der Waals surface area contributed by atoms with Crippen LogP contribution in [-0.4, -0.2) is 22.7 Å². The molecule has 2 aromatic heterocycles. The second-order valence-electron chi connectivity index (χ2n) is 3.89. The molecular formula is C11H12F3N3S. The molecule has 0 saturated carbocycles. The summed E-state index contributed by atoms with van der Waals surface area (Å²) in [5.41, 5.74) is 0. The van der Waals surface area contributed by atoms with E-state index in [4.69, 9.17) is 0 Å². The Kier molecular flexibility index (Phi) is 3.43. The summed E-state index contributed by atoms with van der Waals surface area (Å²) in [6, 6.07) is 1.80. The highest BCUT2D eigenvalue weighted by molar-refractivity contribution is 7.18. The molecular weight excluding hydrogens is 263 g/mol. The van der Waals surface area contributed by atoms with Gasteiger partial charge in [0.2, 0.25) is 0 Å². The Balaban J connectivity index is 2.40. The van der Waals surface area contributed by atoms with Crippen molar-refractivity contribution in [3.8, 4) is 0 Å². The number of nitrogens with zero attached hydrogens (tertiary/aromatic N) is 2. The molecule has 0 amide bonds. The van der Waals surface area contributed by atoms with Crippen LogP contribution in [0.2, 0.25) is 0 Å². The summed E-state index contributed by atoms with van der Waals surface area (Å²) in [5, 5.41) is 3.00. The SMILES string of the molecule is CCc1nc(NCC(F)(F)F)c2cc(C)sc2n1. The van der Waals surface area contributed by atoms with E-state index in [1.54, 1.807) is 6.07 Å². The monoisotopic (exact) mass is 275 g/mol. The maximum absolute atomic E-state index is 12.2. The first-order valence-electron chi connectivity index (χ1n) is 5.46. The summed E-state index contributed by atoms with van der Waals surface area (Å²) in [4.78, 5) is 10.2. The van der Waals surface area contributed by atoms with Crippen molar-refractivity contribution in [1.82, 2.24) is 9.97 Å². The van der Waals surface area contributed by atoms with Crippen molar-refractivity contribution in [2.24, 2.45) is 0 Å². The second-order valence-corrected chi connectivity index (χ2v) is 5.12. The highest BCUT2D eigenvalue weighted by atomic mass is 32.1. The summed E-state index contributed by atoms with van der Waals surface area (Å²) in [6.07, 6.45) is -3.66. The van der Waals surface area contributed by atoms with Gasteiger partial charge in [-0.15, -0.1) is 11.3 Å². The van der Waals surface area contributed by atoms with E-state index >= 15 is 0 Å². The van der Waals surface area contributed by atoms with Gasteiger partial charge in [-0.05, 0) is 13.0 Å². The number of rotatable bonds is 3.